The van der Waals surface area contributed by atoms with Gasteiger partial charge in [0.2, 0.25) is 0 Å². The second-order valence-corrected chi connectivity index (χ2v) is 6.33. The van der Waals surface area contributed by atoms with E-state index in [1.54, 1.807) is 0 Å². The number of hydrogen-bond donors (Lipinski definition) is 1. The molecule has 1 saturated heterocycles. The lowest BCUT2D eigenvalue weighted by molar-refractivity contribution is 0.181. The maximum Gasteiger partial charge on any atom is 0.194 e. The van der Waals surface area contributed by atoms with Crippen LogP contribution < -0.4 is 5.32 Å². The average Bonchev–Trinajstić information content (AvgIpc) is 3.31. The Morgan fingerprint density at radius 1 is 1.35 bits per heavy atom. The zero-order valence-electron chi connectivity index (χ0n) is 15.4. The lowest BCUT2D eigenvalue weighted by Gasteiger charge is -2.24. The Hall–Kier alpha value is -1.61. The molecule has 0 radical (unpaired) electrons. The van der Waals surface area contributed by atoms with Gasteiger partial charge in [0.1, 0.15) is 5.69 Å². The first-order valence-corrected chi connectivity index (χ1v) is 8.84. The molecule has 1 fully saturated rings. The Bertz CT molecular complexity index is 684. The van der Waals surface area contributed by atoms with Crippen LogP contribution in [0.15, 0.2) is 45.9 Å². The molecule has 1 aliphatic rings. The van der Waals surface area contributed by atoms with Crippen molar-refractivity contribution >= 4 is 29.9 Å². The molecule has 0 saturated carbocycles. The predicted molar refractivity (Wildman–Crippen MR) is 114 cm³/mol. The Labute approximate surface area is 172 Å². The van der Waals surface area contributed by atoms with E-state index in [9.17, 15) is 0 Å². The molecule has 1 atom stereocenters. The van der Waals surface area contributed by atoms with Crippen LogP contribution in [0.4, 0.5) is 0 Å². The Morgan fingerprint density at radius 2 is 2.15 bits per heavy atom. The first kappa shape index (κ1) is 20.7. The highest BCUT2D eigenvalue weighted by atomic mass is 127. The monoisotopic (exact) mass is 470 g/mol. The van der Waals surface area contributed by atoms with E-state index in [0.717, 1.165) is 55.7 Å². The van der Waals surface area contributed by atoms with Crippen molar-refractivity contribution in [1.29, 1.82) is 0 Å². The van der Waals surface area contributed by atoms with Gasteiger partial charge >= 0.3 is 0 Å². The molecule has 1 aliphatic heterocycles. The van der Waals surface area contributed by atoms with Crippen molar-refractivity contribution in [2.45, 2.75) is 19.9 Å². The van der Waals surface area contributed by atoms with Crippen molar-refractivity contribution in [2.24, 2.45) is 10.9 Å². The number of halogens is 1. The van der Waals surface area contributed by atoms with Gasteiger partial charge in [-0.2, -0.15) is 0 Å². The molecule has 6 nitrogen and oxygen atoms in total. The summed E-state index contributed by atoms with van der Waals surface area (Å²) in [6.45, 7) is 6.05. The van der Waals surface area contributed by atoms with E-state index in [0.29, 0.717) is 12.5 Å². The van der Waals surface area contributed by atoms with Gasteiger partial charge in [0.15, 0.2) is 11.7 Å². The molecule has 3 rings (SSSR count). The van der Waals surface area contributed by atoms with Crippen LogP contribution >= 0.6 is 24.0 Å². The number of aliphatic imine (C=N–C) groups is 1. The van der Waals surface area contributed by atoms with Crippen molar-refractivity contribution < 1.29 is 9.26 Å². The molecule has 0 aliphatic carbocycles. The summed E-state index contributed by atoms with van der Waals surface area (Å²) >= 11 is 0. The molecular weight excluding hydrogens is 443 g/mol. The molecule has 0 amide bonds. The van der Waals surface area contributed by atoms with Crippen LogP contribution in [0.3, 0.4) is 0 Å². The molecule has 7 heteroatoms. The lowest BCUT2D eigenvalue weighted by atomic mass is 10.1. The number of benzene rings is 1. The highest BCUT2D eigenvalue weighted by Gasteiger charge is 2.19. The van der Waals surface area contributed by atoms with Gasteiger partial charge in [-0.15, -0.1) is 24.0 Å². The van der Waals surface area contributed by atoms with Crippen LogP contribution in [0.5, 0.6) is 0 Å². The number of ether oxygens (including phenoxy) is 1. The molecule has 1 aromatic heterocycles. The molecule has 142 valence electrons. The standard InChI is InChI=1S/C19H26N4O2.HI/c1-3-20-19(23(2)13-15-9-10-24-14-15)21-12-17-11-18(25-22-17)16-7-5-4-6-8-16;/h4-8,11,15H,3,9-10,12-14H2,1-2H3,(H,20,21);1H. The molecule has 1 unspecified atom stereocenters. The van der Waals surface area contributed by atoms with Crippen LogP contribution in [0, 0.1) is 5.92 Å². The van der Waals surface area contributed by atoms with Crippen LogP contribution in [0.2, 0.25) is 0 Å². The van der Waals surface area contributed by atoms with Crippen LogP contribution in [0.1, 0.15) is 19.0 Å². The summed E-state index contributed by atoms with van der Waals surface area (Å²) in [4.78, 5) is 6.87. The normalized spacial score (nSPS) is 17.0. The van der Waals surface area contributed by atoms with E-state index < -0.39 is 0 Å². The van der Waals surface area contributed by atoms with Gasteiger partial charge in [0, 0.05) is 44.3 Å². The number of nitrogens with zero attached hydrogens (tertiary/aromatic N) is 3. The van der Waals surface area contributed by atoms with Crippen LogP contribution in [-0.4, -0.2) is 49.4 Å². The van der Waals surface area contributed by atoms with E-state index in [2.05, 4.69) is 29.3 Å². The van der Waals surface area contributed by atoms with Crippen LogP contribution in [0.25, 0.3) is 11.3 Å². The molecule has 2 aromatic rings. The van der Waals surface area contributed by atoms with Gasteiger partial charge in [-0.1, -0.05) is 35.5 Å². The molecule has 26 heavy (non-hydrogen) atoms. The van der Waals surface area contributed by atoms with Gasteiger partial charge in [-0.25, -0.2) is 4.99 Å². The van der Waals surface area contributed by atoms with Gasteiger partial charge in [-0.05, 0) is 13.3 Å². The lowest BCUT2D eigenvalue weighted by Crippen LogP contribution is -2.41. The third-order valence-corrected chi connectivity index (χ3v) is 4.26. The minimum atomic E-state index is 0. The number of guanidine groups is 1. The second kappa shape index (κ2) is 10.5. The summed E-state index contributed by atoms with van der Waals surface area (Å²) in [5.74, 6) is 2.23. The molecule has 2 heterocycles. The number of nitrogens with one attached hydrogen (secondary N) is 1. The van der Waals surface area contributed by atoms with E-state index in [1.807, 2.05) is 36.4 Å². The maximum absolute atomic E-state index is 5.46. The minimum absolute atomic E-state index is 0. The first-order valence-electron chi connectivity index (χ1n) is 8.84. The SMILES string of the molecule is CCNC(=NCc1cc(-c2ccccc2)on1)N(C)CC1CCOC1.I. The highest BCUT2D eigenvalue weighted by molar-refractivity contribution is 14.0. The van der Waals surface area contributed by atoms with Crippen molar-refractivity contribution in [3.05, 3.63) is 42.1 Å². The van der Waals surface area contributed by atoms with E-state index in [1.165, 1.54) is 0 Å². The van der Waals surface area contributed by atoms with Gasteiger partial charge < -0.3 is 19.5 Å². The summed E-state index contributed by atoms with van der Waals surface area (Å²) < 4.78 is 10.9. The van der Waals surface area contributed by atoms with E-state index in [-0.39, 0.29) is 24.0 Å². The maximum atomic E-state index is 5.46. The summed E-state index contributed by atoms with van der Waals surface area (Å²) in [6, 6.07) is 11.9. The Morgan fingerprint density at radius 3 is 2.85 bits per heavy atom. The topological polar surface area (TPSA) is 62.9 Å². The van der Waals surface area contributed by atoms with E-state index >= 15 is 0 Å². The fraction of sp³-hybridized carbons (Fsp3) is 0.474. The van der Waals surface area contributed by atoms with Crippen molar-refractivity contribution in [3.8, 4) is 11.3 Å². The quantitative estimate of drug-likeness (QED) is 0.399. The fourth-order valence-electron chi connectivity index (χ4n) is 2.95. The number of hydrogen-bond acceptors (Lipinski definition) is 4. The number of aromatic nitrogens is 1. The summed E-state index contributed by atoms with van der Waals surface area (Å²) in [7, 11) is 2.07. The molecule has 1 aromatic carbocycles. The van der Waals surface area contributed by atoms with Crippen LogP contribution in [-0.2, 0) is 11.3 Å². The minimum Gasteiger partial charge on any atom is -0.381 e. The van der Waals surface area contributed by atoms with Crippen molar-refractivity contribution in [1.82, 2.24) is 15.4 Å². The summed E-state index contributed by atoms with van der Waals surface area (Å²) in [6.07, 6.45) is 1.12. The molecule has 0 bridgehead atoms. The van der Waals surface area contributed by atoms with Gasteiger partial charge in [0.05, 0.1) is 13.2 Å². The Balaban J connectivity index is 0.00000243. The molecule has 1 N–H and O–H groups in total. The summed E-state index contributed by atoms with van der Waals surface area (Å²) in [5.41, 5.74) is 1.85. The third-order valence-electron chi connectivity index (χ3n) is 4.26. The smallest absolute Gasteiger partial charge is 0.194 e. The molecular formula is C19H27IN4O2. The Kier molecular flexibility index (Phi) is 8.37. The van der Waals surface area contributed by atoms with E-state index in [4.69, 9.17) is 14.3 Å². The van der Waals surface area contributed by atoms with Gasteiger partial charge in [0.25, 0.3) is 0 Å². The third kappa shape index (κ3) is 5.70. The first-order chi connectivity index (χ1) is 12.3. The predicted octanol–water partition coefficient (Wildman–Crippen LogP) is 3.39. The highest BCUT2D eigenvalue weighted by Crippen LogP contribution is 2.20. The van der Waals surface area contributed by atoms with Crippen molar-refractivity contribution in [3.63, 3.8) is 0 Å². The largest absolute Gasteiger partial charge is 0.381 e. The summed E-state index contributed by atoms with van der Waals surface area (Å²) in [5, 5.41) is 7.48. The molecule has 0 spiro atoms. The fourth-order valence-corrected chi connectivity index (χ4v) is 2.95. The average molecular weight is 470 g/mol. The zero-order valence-corrected chi connectivity index (χ0v) is 17.7. The zero-order chi connectivity index (χ0) is 17.5. The number of rotatable bonds is 6. The second-order valence-electron chi connectivity index (χ2n) is 6.33. The van der Waals surface area contributed by atoms with Gasteiger partial charge in [-0.3, -0.25) is 0 Å². The van der Waals surface area contributed by atoms with Crippen molar-refractivity contribution in [2.75, 3.05) is 33.4 Å².